The van der Waals surface area contributed by atoms with E-state index >= 15 is 0 Å². The molecule has 6 heteroatoms. The molecular weight excluding hydrogens is 268 g/mol. The fourth-order valence-corrected chi connectivity index (χ4v) is 2.93. The largest absolute Gasteiger partial charge is 0.383 e. The number of hydrogen-bond donors (Lipinski definition) is 1. The van der Waals surface area contributed by atoms with Gasteiger partial charge in [-0.05, 0) is 38.6 Å². The number of hydrogen-bond acceptors (Lipinski definition) is 5. The van der Waals surface area contributed by atoms with E-state index < -0.39 is 0 Å². The highest BCUT2D eigenvalue weighted by atomic mass is 16.6. The van der Waals surface area contributed by atoms with Crippen molar-refractivity contribution in [2.24, 2.45) is 0 Å². The average Bonchev–Trinajstić information content (AvgIpc) is 2.60. The van der Waals surface area contributed by atoms with Gasteiger partial charge >= 0.3 is 0 Å². The van der Waals surface area contributed by atoms with Crippen molar-refractivity contribution in [2.45, 2.75) is 25.9 Å². The molecule has 0 spiro atoms. The quantitative estimate of drug-likeness (QED) is 0.680. The van der Waals surface area contributed by atoms with Gasteiger partial charge in [0.05, 0.1) is 4.92 Å². The van der Waals surface area contributed by atoms with Crippen LogP contribution in [0.4, 0.5) is 11.4 Å². The van der Waals surface area contributed by atoms with E-state index in [4.69, 9.17) is 0 Å². The lowest BCUT2D eigenvalue weighted by Gasteiger charge is -2.27. The van der Waals surface area contributed by atoms with Crippen molar-refractivity contribution in [3.63, 3.8) is 0 Å². The van der Waals surface area contributed by atoms with Gasteiger partial charge in [0, 0.05) is 38.8 Å². The summed E-state index contributed by atoms with van der Waals surface area (Å²) in [7, 11) is 3.85. The van der Waals surface area contributed by atoms with Crippen LogP contribution in [0.25, 0.3) is 0 Å². The number of nitro groups is 1. The van der Waals surface area contributed by atoms with E-state index in [0.29, 0.717) is 11.7 Å². The third-order valence-corrected chi connectivity index (χ3v) is 4.10. The number of nitrogens with one attached hydrogen (secondary N) is 1. The maximum Gasteiger partial charge on any atom is 0.292 e. The van der Waals surface area contributed by atoms with Crippen molar-refractivity contribution in [1.82, 2.24) is 9.80 Å². The summed E-state index contributed by atoms with van der Waals surface area (Å²) in [6.07, 6.45) is 1.14. The molecule has 1 aromatic carbocycles. The summed E-state index contributed by atoms with van der Waals surface area (Å²) < 4.78 is 0. The molecule has 1 aliphatic heterocycles. The van der Waals surface area contributed by atoms with Crippen LogP contribution in [0.3, 0.4) is 0 Å². The van der Waals surface area contributed by atoms with Gasteiger partial charge in [0.25, 0.3) is 5.69 Å². The van der Waals surface area contributed by atoms with Gasteiger partial charge in [0.1, 0.15) is 5.69 Å². The smallest absolute Gasteiger partial charge is 0.292 e. The standard InChI is InChI=1S/C15H24N4O2/c1-12-10-17(3)7-4-8-18(12)11-13-5-6-14(16-2)15(9-13)19(20)21/h5-6,9,12,16H,4,7-8,10-11H2,1-3H3. The molecule has 1 aliphatic rings. The third-order valence-electron chi connectivity index (χ3n) is 4.10. The fourth-order valence-electron chi connectivity index (χ4n) is 2.93. The second kappa shape index (κ2) is 6.87. The molecule has 1 atom stereocenters. The van der Waals surface area contributed by atoms with Crippen molar-refractivity contribution in [3.8, 4) is 0 Å². The number of anilines is 1. The van der Waals surface area contributed by atoms with Gasteiger partial charge in [-0.2, -0.15) is 0 Å². The molecule has 1 fully saturated rings. The summed E-state index contributed by atoms with van der Waals surface area (Å²) in [6.45, 7) is 6.17. The van der Waals surface area contributed by atoms with Gasteiger partial charge in [0.2, 0.25) is 0 Å². The Hall–Kier alpha value is -1.66. The first kappa shape index (κ1) is 15.7. The van der Waals surface area contributed by atoms with Gasteiger partial charge < -0.3 is 10.2 Å². The molecule has 0 radical (unpaired) electrons. The highest BCUT2D eigenvalue weighted by Gasteiger charge is 2.21. The lowest BCUT2D eigenvalue weighted by Crippen LogP contribution is -2.37. The van der Waals surface area contributed by atoms with E-state index in [1.807, 2.05) is 6.07 Å². The minimum atomic E-state index is -0.324. The van der Waals surface area contributed by atoms with E-state index in [9.17, 15) is 10.1 Å². The Morgan fingerprint density at radius 3 is 2.86 bits per heavy atom. The van der Waals surface area contributed by atoms with Crippen molar-refractivity contribution >= 4 is 11.4 Å². The second-order valence-corrected chi connectivity index (χ2v) is 5.79. The fraction of sp³-hybridized carbons (Fsp3) is 0.600. The van der Waals surface area contributed by atoms with Crippen molar-refractivity contribution in [2.75, 3.05) is 39.0 Å². The second-order valence-electron chi connectivity index (χ2n) is 5.79. The number of likely N-dealkylation sites (N-methyl/N-ethyl adjacent to an activating group) is 1. The van der Waals surface area contributed by atoms with E-state index in [0.717, 1.165) is 38.2 Å². The Kier molecular flexibility index (Phi) is 5.14. The molecule has 1 aromatic rings. The summed E-state index contributed by atoms with van der Waals surface area (Å²) in [5.74, 6) is 0. The van der Waals surface area contributed by atoms with E-state index in [1.54, 1.807) is 19.2 Å². The van der Waals surface area contributed by atoms with Gasteiger partial charge in [0.15, 0.2) is 0 Å². The van der Waals surface area contributed by atoms with E-state index in [-0.39, 0.29) is 10.6 Å². The molecular formula is C15H24N4O2. The number of nitrogens with zero attached hydrogens (tertiary/aromatic N) is 3. The first-order chi connectivity index (χ1) is 10.0. The molecule has 1 saturated heterocycles. The van der Waals surface area contributed by atoms with Crippen LogP contribution in [0.1, 0.15) is 18.9 Å². The molecule has 21 heavy (non-hydrogen) atoms. The Morgan fingerprint density at radius 2 is 2.19 bits per heavy atom. The highest BCUT2D eigenvalue weighted by Crippen LogP contribution is 2.26. The van der Waals surface area contributed by atoms with Gasteiger partial charge in [-0.25, -0.2) is 0 Å². The molecule has 0 bridgehead atoms. The number of nitro benzene ring substituents is 1. The first-order valence-electron chi connectivity index (χ1n) is 7.39. The summed E-state index contributed by atoms with van der Waals surface area (Å²) in [4.78, 5) is 15.6. The number of rotatable bonds is 4. The zero-order valence-electron chi connectivity index (χ0n) is 13.0. The van der Waals surface area contributed by atoms with Gasteiger partial charge in [-0.3, -0.25) is 15.0 Å². The minimum absolute atomic E-state index is 0.148. The molecule has 0 aromatic heterocycles. The average molecular weight is 292 g/mol. The number of benzene rings is 1. The van der Waals surface area contributed by atoms with Crippen molar-refractivity contribution in [3.05, 3.63) is 33.9 Å². The first-order valence-corrected chi connectivity index (χ1v) is 7.39. The van der Waals surface area contributed by atoms with Crippen LogP contribution in [0.15, 0.2) is 18.2 Å². The highest BCUT2D eigenvalue weighted by molar-refractivity contribution is 5.62. The Bertz CT molecular complexity index is 506. The Balaban J connectivity index is 2.15. The van der Waals surface area contributed by atoms with Crippen LogP contribution < -0.4 is 5.32 Å². The van der Waals surface area contributed by atoms with Crippen LogP contribution in [-0.4, -0.2) is 54.5 Å². The van der Waals surface area contributed by atoms with Gasteiger partial charge in [-0.15, -0.1) is 0 Å². The molecule has 0 aliphatic carbocycles. The molecule has 1 N–H and O–H groups in total. The zero-order valence-corrected chi connectivity index (χ0v) is 13.0. The van der Waals surface area contributed by atoms with Gasteiger partial charge in [-0.1, -0.05) is 6.07 Å². The normalized spacial score (nSPS) is 21.0. The Morgan fingerprint density at radius 1 is 1.43 bits per heavy atom. The predicted octanol–water partition coefficient (Wildman–Crippen LogP) is 2.16. The van der Waals surface area contributed by atoms with Crippen LogP contribution in [0.2, 0.25) is 0 Å². The lowest BCUT2D eigenvalue weighted by atomic mass is 10.1. The van der Waals surface area contributed by atoms with E-state index in [1.165, 1.54) is 0 Å². The molecule has 6 nitrogen and oxygen atoms in total. The van der Waals surface area contributed by atoms with E-state index in [2.05, 4.69) is 29.1 Å². The molecule has 1 heterocycles. The molecule has 1 unspecified atom stereocenters. The van der Waals surface area contributed by atoms with Crippen LogP contribution in [0.5, 0.6) is 0 Å². The maximum absolute atomic E-state index is 11.1. The van der Waals surface area contributed by atoms with Crippen LogP contribution in [-0.2, 0) is 6.54 Å². The summed E-state index contributed by atoms with van der Waals surface area (Å²) in [5, 5.41) is 14.0. The molecule has 2 rings (SSSR count). The lowest BCUT2D eigenvalue weighted by molar-refractivity contribution is -0.384. The monoisotopic (exact) mass is 292 g/mol. The summed E-state index contributed by atoms with van der Waals surface area (Å²) in [5.41, 5.74) is 1.71. The topological polar surface area (TPSA) is 61.6 Å². The molecule has 116 valence electrons. The Labute approximate surface area is 125 Å². The molecule has 0 amide bonds. The summed E-state index contributed by atoms with van der Waals surface area (Å²) in [6, 6.07) is 5.91. The van der Waals surface area contributed by atoms with Crippen molar-refractivity contribution < 1.29 is 4.92 Å². The molecule has 0 saturated carbocycles. The maximum atomic E-state index is 11.1. The van der Waals surface area contributed by atoms with Crippen LogP contribution in [0, 0.1) is 10.1 Å². The minimum Gasteiger partial charge on any atom is -0.383 e. The third kappa shape index (κ3) is 3.92. The van der Waals surface area contributed by atoms with Crippen LogP contribution >= 0.6 is 0 Å². The SMILES string of the molecule is CNc1ccc(CN2CCCN(C)CC2C)cc1[N+](=O)[O-]. The predicted molar refractivity (Wildman–Crippen MR) is 84.6 cm³/mol. The summed E-state index contributed by atoms with van der Waals surface area (Å²) >= 11 is 0. The van der Waals surface area contributed by atoms with Crippen molar-refractivity contribution in [1.29, 1.82) is 0 Å². The zero-order chi connectivity index (χ0) is 15.4.